The first-order chi connectivity index (χ1) is 15.4. The van der Waals surface area contributed by atoms with Crippen molar-refractivity contribution in [3.05, 3.63) is 99.0 Å². The van der Waals surface area contributed by atoms with Gasteiger partial charge in [-0.2, -0.15) is 0 Å². The maximum Gasteiger partial charge on any atom is 0.264 e. The highest BCUT2D eigenvalue weighted by Crippen LogP contribution is 2.29. The molecule has 7 heteroatoms. The van der Waals surface area contributed by atoms with E-state index in [0.29, 0.717) is 32.3 Å². The third kappa shape index (κ3) is 3.45. The van der Waals surface area contributed by atoms with Crippen LogP contribution < -0.4 is 11.3 Å². The number of halogens is 2. The Morgan fingerprint density at radius 3 is 2.50 bits per heavy atom. The molecule has 0 spiro atoms. The second kappa shape index (κ2) is 8.02. The van der Waals surface area contributed by atoms with Gasteiger partial charge in [0.1, 0.15) is 5.52 Å². The van der Waals surface area contributed by atoms with Gasteiger partial charge in [0.15, 0.2) is 0 Å². The fraction of sp³-hybridized carbons (Fsp3) is 0.0800. The molecule has 0 aliphatic heterocycles. The molecule has 0 saturated heterocycles. The first kappa shape index (κ1) is 20.6. The molecular formula is C25H18Cl2N4O. The van der Waals surface area contributed by atoms with Crippen molar-refractivity contribution in [3.63, 3.8) is 0 Å². The van der Waals surface area contributed by atoms with Crippen LogP contribution in [-0.2, 0) is 0 Å². The van der Waals surface area contributed by atoms with Gasteiger partial charge < -0.3 is 5.73 Å². The van der Waals surface area contributed by atoms with Crippen molar-refractivity contribution in [1.82, 2.24) is 14.5 Å². The van der Waals surface area contributed by atoms with Gasteiger partial charge in [-0.3, -0.25) is 14.3 Å². The van der Waals surface area contributed by atoms with Crippen LogP contribution in [0.2, 0.25) is 10.0 Å². The van der Waals surface area contributed by atoms with Gasteiger partial charge in [0.25, 0.3) is 5.56 Å². The van der Waals surface area contributed by atoms with Gasteiger partial charge in [-0.25, -0.2) is 4.98 Å². The molecule has 5 nitrogen and oxygen atoms in total. The summed E-state index contributed by atoms with van der Waals surface area (Å²) in [6.45, 7) is 1.85. The molecular weight excluding hydrogens is 443 g/mol. The molecule has 0 radical (unpaired) electrons. The molecule has 0 fully saturated rings. The lowest BCUT2D eigenvalue weighted by Crippen LogP contribution is -2.25. The van der Waals surface area contributed by atoms with Crippen molar-refractivity contribution in [1.29, 1.82) is 0 Å². The second-order valence-electron chi connectivity index (χ2n) is 7.61. The van der Waals surface area contributed by atoms with E-state index in [2.05, 4.69) is 9.97 Å². The monoisotopic (exact) mass is 460 g/mol. The second-order valence-corrected chi connectivity index (χ2v) is 8.42. The maximum absolute atomic E-state index is 13.4. The normalized spacial score (nSPS) is 12.4. The van der Waals surface area contributed by atoms with Crippen LogP contribution in [0.1, 0.15) is 18.7 Å². The van der Waals surface area contributed by atoms with Crippen LogP contribution in [0.15, 0.2) is 77.7 Å². The van der Waals surface area contributed by atoms with Gasteiger partial charge in [-0.05, 0) is 54.8 Å². The molecule has 2 N–H and O–H groups in total. The average Bonchev–Trinajstić information content (AvgIpc) is 2.79. The number of aromatic nitrogens is 3. The first-order valence-corrected chi connectivity index (χ1v) is 10.8. The molecule has 1 atom stereocenters. The van der Waals surface area contributed by atoms with Gasteiger partial charge in [0.2, 0.25) is 0 Å². The lowest BCUT2D eigenvalue weighted by Gasteiger charge is -2.18. The van der Waals surface area contributed by atoms with Crippen LogP contribution in [0.3, 0.4) is 0 Å². The summed E-state index contributed by atoms with van der Waals surface area (Å²) in [5, 5.41) is 2.19. The van der Waals surface area contributed by atoms with E-state index in [0.717, 1.165) is 22.2 Å². The minimum Gasteiger partial charge on any atom is -0.323 e. The van der Waals surface area contributed by atoms with Gasteiger partial charge in [0, 0.05) is 29.2 Å². The molecule has 0 unspecified atom stereocenters. The predicted octanol–water partition coefficient (Wildman–Crippen LogP) is 5.93. The molecule has 3 aromatic heterocycles. The van der Waals surface area contributed by atoms with Crippen molar-refractivity contribution in [3.8, 4) is 16.9 Å². The molecule has 0 saturated carbocycles. The zero-order chi connectivity index (χ0) is 22.4. The van der Waals surface area contributed by atoms with Crippen LogP contribution >= 0.6 is 23.2 Å². The minimum atomic E-state index is -0.348. The highest BCUT2D eigenvalue weighted by atomic mass is 35.5. The van der Waals surface area contributed by atoms with Gasteiger partial charge >= 0.3 is 0 Å². The van der Waals surface area contributed by atoms with Gasteiger partial charge in [0.05, 0.1) is 26.6 Å². The van der Waals surface area contributed by atoms with Crippen molar-refractivity contribution in [2.75, 3.05) is 0 Å². The first-order valence-electron chi connectivity index (χ1n) is 10.1. The highest BCUT2D eigenvalue weighted by Gasteiger charge is 2.16. The molecule has 32 heavy (non-hydrogen) atoms. The van der Waals surface area contributed by atoms with Crippen molar-refractivity contribution >= 4 is 45.0 Å². The van der Waals surface area contributed by atoms with Crippen molar-refractivity contribution in [2.24, 2.45) is 5.73 Å². The smallest absolute Gasteiger partial charge is 0.264 e. The topological polar surface area (TPSA) is 73.8 Å². The van der Waals surface area contributed by atoms with Crippen molar-refractivity contribution in [2.45, 2.75) is 13.0 Å². The highest BCUT2D eigenvalue weighted by molar-refractivity contribution is 6.35. The van der Waals surface area contributed by atoms with E-state index in [4.69, 9.17) is 28.9 Å². The molecule has 0 aliphatic carbocycles. The number of nitrogens with zero attached hydrogens (tertiary/aromatic N) is 3. The van der Waals surface area contributed by atoms with Crippen LogP contribution in [0.5, 0.6) is 0 Å². The molecule has 3 heterocycles. The molecule has 5 aromatic rings. The lowest BCUT2D eigenvalue weighted by atomic mass is 10.1. The van der Waals surface area contributed by atoms with Gasteiger partial charge in [-0.1, -0.05) is 47.5 Å². The Hall–Kier alpha value is -3.25. The maximum atomic E-state index is 13.4. The van der Waals surface area contributed by atoms with E-state index in [1.54, 1.807) is 22.9 Å². The van der Waals surface area contributed by atoms with E-state index < -0.39 is 0 Å². The Balaban J connectivity index is 1.66. The number of rotatable bonds is 3. The quantitative estimate of drug-likeness (QED) is 0.362. The molecule has 158 valence electrons. The molecule has 5 rings (SSSR count). The summed E-state index contributed by atoms with van der Waals surface area (Å²) in [4.78, 5) is 22.4. The van der Waals surface area contributed by atoms with Crippen LogP contribution in [0.25, 0.3) is 38.8 Å². The average molecular weight is 461 g/mol. The summed E-state index contributed by atoms with van der Waals surface area (Å²) in [5.41, 5.74) is 10.4. The zero-order valence-electron chi connectivity index (χ0n) is 17.1. The van der Waals surface area contributed by atoms with E-state index >= 15 is 0 Å². The van der Waals surface area contributed by atoms with Crippen LogP contribution in [-0.4, -0.2) is 14.5 Å². The summed E-state index contributed by atoms with van der Waals surface area (Å²) in [7, 11) is 0. The van der Waals surface area contributed by atoms with E-state index in [1.807, 2.05) is 61.5 Å². The Kier molecular flexibility index (Phi) is 5.18. The number of benzene rings is 2. The minimum absolute atomic E-state index is 0.203. The fourth-order valence-corrected chi connectivity index (χ4v) is 4.40. The number of pyridine rings is 3. The SMILES string of the molecule is C[C@H](N)c1cc2cccc(Cl)c2c(=O)n1-c1ccc(-c2cc(Cl)c3ncccc3n2)cc1. The van der Waals surface area contributed by atoms with Gasteiger partial charge in [-0.15, -0.1) is 0 Å². The summed E-state index contributed by atoms with van der Waals surface area (Å²) >= 11 is 12.8. The van der Waals surface area contributed by atoms with E-state index in [-0.39, 0.29) is 11.6 Å². The number of hydrogen-bond donors (Lipinski definition) is 1. The third-order valence-electron chi connectivity index (χ3n) is 5.43. The van der Waals surface area contributed by atoms with E-state index in [1.165, 1.54) is 0 Å². The third-order valence-corrected chi connectivity index (χ3v) is 6.03. The summed E-state index contributed by atoms with van der Waals surface area (Å²) in [5.74, 6) is 0. The lowest BCUT2D eigenvalue weighted by molar-refractivity contribution is 0.734. The standard InChI is InChI=1S/C25H18Cl2N4O/c1-14(28)22-12-16-4-2-5-18(26)23(16)25(32)31(22)17-9-7-15(8-10-17)21-13-19(27)24-20(30-21)6-3-11-29-24/h2-14H,28H2,1H3/t14-/m0/s1. The van der Waals surface area contributed by atoms with Crippen molar-refractivity contribution < 1.29 is 0 Å². The Labute approximate surface area is 194 Å². The Morgan fingerprint density at radius 2 is 1.75 bits per heavy atom. The van der Waals surface area contributed by atoms with Crippen LogP contribution in [0.4, 0.5) is 0 Å². The summed E-state index contributed by atoms with van der Waals surface area (Å²) < 4.78 is 1.62. The number of nitrogens with two attached hydrogens (primary N) is 1. The number of fused-ring (bicyclic) bond motifs is 2. The largest absolute Gasteiger partial charge is 0.323 e. The van der Waals surface area contributed by atoms with Crippen LogP contribution in [0, 0.1) is 0 Å². The number of hydrogen-bond acceptors (Lipinski definition) is 4. The molecule has 0 amide bonds. The summed E-state index contributed by atoms with van der Waals surface area (Å²) in [6.07, 6.45) is 1.69. The zero-order valence-corrected chi connectivity index (χ0v) is 18.6. The van der Waals surface area contributed by atoms with E-state index in [9.17, 15) is 4.79 Å². The summed E-state index contributed by atoms with van der Waals surface area (Å²) in [6, 6.07) is 20.0. The Bertz CT molecular complexity index is 1540. The fourth-order valence-electron chi connectivity index (χ4n) is 3.89. The molecule has 0 bridgehead atoms. The molecule has 0 aliphatic rings. The predicted molar refractivity (Wildman–Crippen MR) is 131 cm³/mol. The Morgan fingerprint density at radius 1 is 0.969 bits per heavy atom. The molecule has 2 aromatic carbocycles.